The maximum absolute atomic E-state index is 12.5. The van der Waals surface area contributed by atoms with E-state index >= 15 is 0 Å². The molecule has 1 N–H and O–H groups in total. The Balaban J connectivity index is 1.83. The number of aryl methyl sites for hydroxylation is 1. The van der Waals surface area contributed by atoms with Gasteiger partial charge in [-0.25, -0.2) is 4.79 Å². The minimum atomic E-state index is -0.373. The zero-order chi connectivity index (χ0) is 16.9. The first-order chi connectivity index (χ1) is 11.7. The zero-order valence-electron chi connectivity index (χ0n) is 13.2. The third-order valence-corrected chi connectivity index (χ3v) is 3.81. The molecule has 3 aromatic rings. The molecule has 1 heterocycles. The quantitative estimate of drug-likeness (QED) is 0.733. The van der Waals surface area contributed by atoms with Gasteiger partial charge in [0.1, 0.15) is 6.61 Å². The molecule has 0 atom stereocenters. The molecule has 0 aliphatic rings. The highest BCUT2D eigenvalue weighted by atomic mass is 16.5. The summed E-state index contributed by atoms with van der Waals surface area (Å²) in [5.41, 5.74) is 4.58. The van der Waals surface area contributed by atoms with E-state index in [-0.39, 0.29) is 12.6 Å². The standard InChI is InChI=1S/C20H16N2O2/c1-14-19(17-9-7-15(11-21)8-10-17)18(12-22-14)20(23)24-13-16-5-3-2-4-6-16/h2-10,12,22H,13H2,1H3. The van der Waals surface area contributed by atoms with Crippen molar-refractivity contribution in [2.75, 3.05) is 0 Å². The van der Waals surface area contributed by atoms with Gasteiger partial charge in [0.15, 0.2) is 0 Å². The molecule has 2 aromatic carbocycles. The second kappa shape index (κ2) is 6.84. The van der Waals surface area contributed by atoms with E-state index in [9.17, 15) is 4.79 Å². The Bertz CT molecular complexity index is 888. The number of nitriles is 1. The molecule has 0 amide bonds. The molecule has 1 aromatic heterocycles. The fourth-order valence-electron chi connectivity index (χ4n) is 2.57. The molecule has 0 spiro atoms. The van der Waals surface area contributed by atoms with Gasteiger partial charge in [0.05, 0.1) is 17.2 Å². The topological polar surface area (TPSA) is 65.9 Å². The number of nitrogens with zero attached hydrogens (tertiary/aromatic N) is 1. The third-order valence-electron chi connectivity index (χ3n) is 3.81. The fraction of sp³-hybridized carbons (Fsp3) is 0.100. The Hall–Kier alpha value is -3.32. The van der Waals surface area contributed by atoms with Crippen molar-refractivity contribution < 1.29 is 9.53 Å². The largest absolute Gasteiger partial charge is 0.457 e. The zero-order valence-corrected chi connectivity index (χ0v) is 13.2. The first kappa shape index (κ1) is 15.6. The van der Waals surface area contributed by atoms with E-state index in [0.29, 0.717) is 11.1 Å². The van der Waals surface area contributed by atoms with Crippen LogP contribution in [-0.2, 0) is 11.3 Å². The highest BCUT2D eigenvalue weighted by Gasteiger charge is 2.18. The van der Waals surface area contributed by atoms with Crippen LogP contribution in [0, 0.1) is 18.3 Å². The smallest absolute Gasteiger partial charge is 0.340 e. The molecule has 4 heteroatoms. The first-order valence-electron chi connectivity index (χ1n) is 7.58. The Morgan fingerprint density at radius 3 is 2.50 bits per heavy atom. The van der Waals surface area contributed by atoms with Crippen molar-refractivity contribution in [2.45, 2.75) is 13.5 Å². The summed E-state index contributed by atoms with van der Waals surface area (Å²) in [6.45, 7) is 2.14. The molecule has 24 heavy (non-hydrogen) atoms. The Morgan fingerprint density at radius 1 is 1.12 bits per heavy atom. The summed E-state index contributed by atoms with van der Waals surface area (Å²) in [6, 6.07) is 18.8. The van der Waals surface area contributed by atoms with Crippen LogP contribution in [-0.4, -0.2) is 11.0 Å². The molecule has 4 nitrogen and oxygen atoms in total. The third kappa shape index (κ3) is 3.21. The van der Waals surface area contributed by atoms with Gasteiger partial charge in [-0.3, -0.25) is 0 Å². The number of nitrogens with one attached hydrogen (secondary N) is 1. The molecule has 0 aliphatic heterocycles. The van der Waals surface area contributed by atoms with Gasteiger partial charge in [0, 0.05) is 17.5 Å². The monoisotopic (exact) mass is 316 g/mol. The highest BCUT2D eigenvalue weighted by Crippen LogP contribution is 2.28. The number of rotatable bonds is 4. The number of H-pyrrole nitrogens is 1. The Morgan fingerprint density at radius 2 is 1.83 bits per heavy atom. The van der Waals surface area contributed by atoms with Crippen LogP contribution in [0.5, 0.6) is 0 Å². The number of carbonyl (C=O) groups is 1. The van der Waals surface area contributed by atoms with Crippen LogP contribution in [0.1, 0.15) is 27.2 Å². The van der Waals surface area contributed by atoms with E-state index in [1.807, 2.05) is 49.4 Å². The molecule has 118 valence electrons. The van der Waals surface area contributed by atoms with Crippen molar-refractivity contribution in [3.63, 3.8) is 0 Å². The van der Waals surface area contributed by atoms with Gasteiger partial charge in [-0.1, -0.05) is 42.5 Å². The molecule has 0 saturated heterocycles. The minimum absolute atomic E-state index is 0.233. The second-order valence-electron chi connectivity index (χ2n) is 5.45. The van der Waals surface area contributed by atoms with Crippen LogP contribution >= 0.6 is 0 Å². The van der Waals surface area contributed by atoms with E-state index < -0.39 is 0 Å². The summed E-state index contributed by atoms with van der Waals surface area (Å²) in [6.07, 6.45) is 1.66. The predicted octanol–water partition coefficient (Wildman–Crippen LogP) is 4.22. The summed E-state index contributed by atoms with van der Waals surface area (Å²) >= 11 is 0. The van der Waals surface area contributed by atoms with Crippen molar-refractivity contribution in [1.29, 1.82) is 5.26 Å². The lowest BCUT2D eigenvalue weighted by Crippen LogP contribution is -2.05. The summed E-state index contributed by atoms with van der Waals surface area (Å²) < 4.78 is 5.42. The highest BCUT2D eigenvalue weighted by molar-refractivity contribution is 5.98. The van der Waals surface area contributed by atoms with Crippen LogP contribution in [0.2, 0.25) is 0 Å². The van der Waals surface area contributed by atoms with Gasteiger partial charge >= 0.3 is 5.97 Å². The molecular formula is C20H16N2O2. The fourth-order valence-corrected chi connectivity index (χ4v) is 2.57. The van der Waals surface area contributed by atoms with Gasteiger partial charge in [-0.05, 0) is 30.2 Å². The van der Waals surface area contributed by atoms with Crippen LogP contribution in [0.3, 0.4) is 0 Å². The average Bonchev–Trinajstić information content (AvgIpc) is 3.02. The maximum Gasteiger partial charge on any atom is 0.340 e. The van der Waals surface area contributed by atoms with E-state index in [0.717, 1.165) is 22.4 Å². The average molecular weight is 316 g/mol. The summed E-state index contributed by atoms with van der Waals surface area (Å²) in [5.74, 6) is -0.373. The first-order valence-corrected chi connectivity index (χ1v) is 7.58. The summed E-state index contributed by atoms with van der Waals surface area (Å²) in [7, 11) is 0. The summed E-state index contributed by atoms with van der Waals surface area (Å²) in [4.78, 5) is 15.5. The normalized spacial score (nSPS) is 10.2. The van der Waals surface area contributed by atoms with Crippen LogP contribution in [0.4, 0.5) is 0 Å². The molecule has 3 rings (SSSR count). The van der Waals surface area contributed by atoms with Crippen molar-refractivity contribution in [3.05, 3.63) is 83.2 Å². The number of esters is 1. The lowest BCUT2D eigenvalue weighted by molar-refractivity contribution is 0.0474. The minimum Gasteiger partial charge on any atom is -0.457 e. The molecular weight excluding hydrogens is 300 g/mol. The molecule has 0 unspecified atom stereocenters. The van der Waals surface area contributed by atoms with E-state index in [4.69, 9.17) is 10.00 Å². The number of aromatic amines is 1. The van der Waals surface area contributed by atoms with E-state index in [2.05, 4.69) is 11.1 Å². The van der Waals surface area contributed by atoms with Crippen molar-refractivity contribution in [2.24, 2.45) is 0 Å². The molecule has 0 aliphatic carbocycles. The number of ether oxygens (including phenoxy) is 1. The van der Waals surface area contributed by atoms with E-state index in [1.54, 1.807) is 18.3 Å². The lowest BCUT2D eigenvalue weighted by atomic mass is 10.0. The molecule has 0 radical (unpaired) electrons. The number of carbonyl (C=O) groups excluding carboxylic acids is 1. The van der Waals surface area contributed by atoms with Crippen molar-refractivity contribution >= 4 is 5.97 Å². The Labute approximate surface area is 140 Å². The van der Waals surface area contributed by atoms with Gasteiger partial charge < -0.3 is 9.72 Å². The molecule has 0 fully saturated rings. The van der Waals surface area contributed by atoms with Gasteiger partial charge in [0.25, 0.3) is 0 Å². The van der Waals surface area contributed by atoms with Crippen LogP contribution in [0.15, 0.2) is 60.8 Å². The van der Waals surface area contributed by atoms with Gasteiger partial charge in [-0.2, -0.15) is 5.26 Å². The number of aromatic nitrogens is 1. The predicted molar refractivity (Wildman–Crippen MR) is 91.2 cm³/mol. The van der Waals surface area contributed by atoms with Crippen molar-refractivity contribution in [1.82, 2.24) is 4.98 Å². The van der Waals surface area contributed by atoms with Crippen molar-refractivity contribution in [3.8, 4) is 17.2 Å². The van der Waals surface area contributed by atoms with E-state index in [1.165, 1.54) is 0 Å². The molecule has 0 bridgehead atoms. The number of hydrogen-bond acceptors (Lipinski definition) is 3. The number of benzene rings is 2. The van der Waals surface area contributed by atoms with Gasteiger partial charge in [-0.15, -0.1) is 0 Å². The Kier molecular flexibility index (Phi) is 4.44. The van der Waals surface area contributed by atoms with Crippen LogP contribution < -0.4 is 0 Å². The number of hydrogen-bond donors (Lipinski definition) is 1. The second-order valence-corrected chi connectivity index (χ2v) is 5.45. The SMILES string of the molecule is Cc1[nH]cc(C(=O)OCc2ccccc2)c1-c1ccc(C#N)cc1. The molecule has 0 saturated carbocycles. The van der Waals surface area contributed by atoms with Gasteiger partial charge in [0.2, 0.25) is 0 Å². The lowest BCUT2D eigenvalue weighted by Gasteiger charge is -2.07. The van der Waals surface area contributed by atoms with Crippen LogP contribution in [0.25, 0.3) is 11.1 Å². The maximum atomic E-state index is 12.5. The summed E-state index contributed by atoms with van der Waals surface area (Å²) in [5, 5.41) is 8.90.